The largest absolute Gasteiger partial charge is 0.392 e. The Bertz CT molecular complexity index is 541. The number of ketones is 2. The van der Waals surface area contributed by atoms with Crippen LogP contribution in [0, 0.1) is 11.8 Å². The van der Waals surface area contributed by atoms with Gasteiger partial charge in [0.25, 0.3) is 0 Å². The van der Waals surface area contributed by atoms with Gasteiger partial charge in [-0.25, -0.2) is 0 Å². The molecule has 0 spiro atoms. The molecule has 1 aliphatic rings. The quantitative estimate of drug-likeness (QED) is 0.296. The van der Waals surface area contributed by atoms with E-state index in [4.69, 9.17) is 4.74 Å². The molecule has 0 aliphatic heterocycles. The number of hydrogen-bond acceptors (Lipinski definition) is 5. The molecule has 0 aromatic rings. The topological polar surface area (TPSA) is 83.8 Å². The summed E-state index contributed by atoms with van der Waals surface area (Å²) in [5.41, 5.74) is -0.921. The molecule has 4 atom stereocenters. The first-order chi connectivity index (χ1) is 13.9. The molecule has 0 saturated heterocycles. The molecule has 1 saturated carbocycles. The third kappa shape index (κ3) is 9.37. The summed E-state index contributed by atoms with van der Waals surface area (Å²) in [5, 5.41) is 20.9. The van der Waals surface area contributed by atoms with Crippen LogP contribution in [0.1, 0.15) is 77.6 Å². The Hall–Kier alpha value is -1.30. The summed E-state index contributed by atoms with van der Waals surface area (Å²) in [6, 6.07) is 0. The normalized spacial score (nSPS) is 24.1. The fraction of sp³-hybridized carbons (Fsp3) is 0.750. The van der Waals surface area contributed by atoms with Crippen LogP contribution in [-0.2, 0) is 14.3 Å². The van der Waals surface area contributed by atoms with Crippen LogP contribution in [0.3, 0.4) is 0 Å². The zero-order chi connectivity index (χ0) is 21.7. The third-order valence-electron chi connectivity index (χ3n) is 5.93. The molecule has 5 heteroatoms. The molecule has 0 radical (unpaired) electrons. The van der Waals surface area contributed by atoms with Crippen LogP contribution in [0.2, 0.25) is 0 Å². The molecule has 166 valence electrons. The van der Waals surface area contributed by atoms with Crippen LogP contribution in [0.4, 0.5) is 0 Å². The smallest absolute Gasteiger partial charge is 0.158 e. The molecule has 1 unspecified atom stereocenters. The maximum absolute atomic E-state index is 12.3. The van der Waals surface area contributed by atoms with Crippen LogP contribution in [0.5, 0.6) is 0 Å². The number of aliphatic hydroxyl groups is 2. The molecular weight excluding hydrogens is 368 g/mol. The van der Waals surface area contributed by atoms with Crippen molar-refractivity contribution in [2.24, 2.45) is 11.8 Å². The highest BCUT2D eigenvalue weighted by Crippen LogP contribution is 2.35. The second-order valence-corrected chi connectivity index (χ2v) is 8.39. The van der Waals surface area contributed by atoms with E-state index in [1.165, 1.54) is 7.11 Å². The van der Waals surface area contributed by atoms with Gasteiger partial charge in [0, 0.05) is 31.8 Å². The lowest BCUT2D eigenvalue weighted by atomic mass is 9.87. The van der Waals surface area contributed by atoms with Gasteiger partial charge in [0.2, 0.25) is 0 Å². The Morgan fingerprint density at radius 1 is 1.28 bits per heavy atom. The number of rotatable bonds is 16. The Morgan fingerprint density at radius 2 is 2.00 bits per heavy atom. The minimum Gasteiger partial charge on any atom is -0.392 e. The highest BCUT2D eigenvalue weighted by atomic mass is 16.5. The van der Waals surface area contributed by atoms with Crippen molar-refractivity contribution in [3.63, 3.8) is 0 Å². The number of carbonyl (C=O) groups is 2. The maximum atomic E-state index is 12.3. The lowest BCUT2D eigenvalue weighted by molar-refractivity contribution is -0.123. The van der Waals surface area contributed by atoms with Gasteiger partial charge >= 0.3 is 0 Å². The van der Waals surface area contributed by atoms with E-state index in [1.54, 1.807) is 6.08 Å². The SMILES string of the molecule is C=CC(O)(C/C=C/[C@H]1[C@H](O)CC(=O)[C@@H]1CCCCCCC(=O)COC)CCCC. The van der Waals surface area contributed by atoms with Crippen molar-refractivity contribution in [1.82, 2.24) is 0 Å². The fourth-order valence-electron chi connectivity index (χ4n) is 4.06. The van der Waals surface area contributed by atoms with Crippen LogP contribution >= 0.6 is 0 Å². The number of methoxy groups -OCH3 is 1. The van der Waals surface area contributed by atoms with Gasteiger partial charge in [0.1, 0.15) is 12.4 Å². The average Bonchev–Trinajstić information content (AvgIpc) is 2.96. The van der Waals surface area contributed by atoms with E-state index in [1.807, 2.05) is 12.2 Å². The minimum absolute atomic E-state index is 0.130. The number of Topliss-reactive ketones (excluding diaryl/α,β-unsaturated/α-hetero) is 2. The number of hydrogen-bond donors (Lipinski definition) is 2. The monoisotopic (exact) mass is 408 g/mol. The number of aliphatic hydroxyl groups excluding tert-OH is 1. The van der Waals surface area contributed by atoms with Gasteiger partial charge in [-0.15, -0.1) is 6.58 Å². The van der Waals surface area contributed by atoms with E-state index in [-0.39, 0.29) is 36.4 Å². The minimum atomic E-state index is -0.921. The summed E-state index contributed by atoms with van der Waals surface area (Å²) in [5.74, 6) is -0.0625. The van der Waals surface area contributed by atoms with Crippen molar-refractivity contribution < 1.29 is 24.5 Å². The van der Waals surface area contributed by atoms with Crippen molar-refractivity contribution in [3.05, 3.63) is 24.8 Å². The molecule has 0 aromatic heterocycles. The molecular formula is C24H40O5. The average molecular weight is 409 g/mol. The highest BCUT2D eigenvalue weighted by molar-refractivity contribution is 5.84. The predicted molar refractivity (Wildman–Crippen MR) is 116 cm³/mol. The van der Waals surface area contributed by atoms with Gasteiger partial charge in [0.15, 0.2) is 5.78 Å². The first-order valence-electron chi connectivity index (χ1n) is 11.1. The Morgan fingerprint density at radius 3 is 2.66 bits per heavy atom. The fourth-order valence-corrected chi connectivity index (χ4v) is 4.06. The molecule has 2 N–H and O–H groups in total. The summed E-state index contributed by atoms with van der Waals surface area (Å²) >= 11 is 0. The van der Waals surface area contributed by atoms with E-state index in [0.29, 0.717) is 19.3 Å². The van der Waals surface area contributed by atoms with E-state index < -0.39 is 11.7 Å². The molecule has 0 heterocycles. The zero-order valence-electron chi connectivity index (χ0n) is 18.3. The molecule has 29 heavy (non-hydrogen) atoms. The molecule has 0 amide bonds. The first-order valence-corrected chi connectivity index (χ1v) is 11.1. The summed E-state index contributed by atoms with van der Waals surface area (Å²) in [6.45, 7) is 6.02. The lowest BCUT2D eigenvalue weighted by Crippen LogP contribution is -2.25. The van der Waals surface area contributed by atoms with Crippen LogP contribution < -0.4 is 0 Å². The van der Waals surface area contributed by atoms with Crippen molar-refractivity contribution in [2.75, 3.05) is 13.7 Å². The molecule has 1 fully saturated rings. The second kappa shape index (κ2) is 13.8. The zero-order valence-corrected chi connectivity index (χ0v) is 18.3. The molecule has 1 aliphatic carbocycles. The lowest BCUT2D eigenvalue weighted by Gasteiger charge is -2.23. The van der Waals surface area contributed by atoms with Crippen LogP contribution in [0.15, 0.2) is 24.8 Å². The highest BCUT2D eigenvalue weighted by Gasteiger charge is 2.39. The maximum Gasteiger partial charge on any atom is 0.158 e. The summed E-state index contributed by atoms with van der Waals surface area (Å²) in [6.07, 6.45) is 13.1. The van der Waals surface area contributed by atoms with E-state index in [0.717, 1.165) is 44.9 Å². The molecule has 5 nitrogen and oxygen atoms in total. The van der Waals surface area contributed by atoms with Crippen LogP contribution in [0.25, 0.3) is 0 Å². The number of unbranched alkanes of at least 4 members (excludes halogenated alkanes) is 4. The Balaban J connectivity index is 2.45. The predicted octanol–water partition coefficient (Wildman–Crippen LogP) is 4.16. The van der Waals surface area contributed by atoms with Gasteiger partial charge in [-0.3, -0.25) is 9.59 Å². The molecule has 0 aromatic carbocycles. The van der Waals surface area contributed by atoms with Crippen molar-refractivity contribution >= 4 is 11.6 Å². The standard InChI is InChI=1S/C24H40O5/c1-4-6-15-24(28,5-2)16-11-14-21-20(22(26)17-23(21)27)13-10-8-7-9-12-19(25)18-29-3/h5,11,14,20-21,23,27-28H,2,4,6-10,12-13,15-18H2,1,3H3/b14-11+/t20-,21-,23-,24?/m1/s1. The van der Waals surface area contributed by atoms with Crippen molar-refractivity contribution in [1.29, 1.82) is 0 Å². The summed E-state index contributed by atoms with van der Waals surface area (Å²) in [7, 11) is 1.53. The number of ether oxygens (including phenoxy) is 1. The summed E-state index contributed by atoms with van der Waals surface area (Å²) in [4.78, 5) is 23.7. The Labute approximate surface area is 176 Å². The van der Waals surface area contributed by atoms with E-state index in [9.17, 15) is 19.8 Å². The van der Waals surface area contributed by atoms with Crippen LogP contribution in [-0.4, -0.2) is 47.2 Å². The van der Waals surface area contributed by atoms with E-state index >= 15 is 0 Å². The second-order valence-electron chi connectivity index (χ2n) is 8.39. The first kappa shape index (κ1) is 25.7. The molecule has 0 bridgehead atoms. The van der Waals surface area contributed by atoms with Gasteiger partial charge in [-0.1, -0.05) is 57.3 Å². The van der Waals surface area contributed by atoms with Gasteiger partial charge in [-0.2, -0.15) is 0 Å². The van der Waals surface area contributed by atoms with Gasteiger partial charge in [0.05, 0.1) is 11.7 Å². The molecule has 1 rings (SSSR count). The van der Waals surface area contributed by atoms with Gasteiger partial charge in [-0.05, 0) is 25.7 Å². The van der Waals surface area contributed by atoms with E-state index in [2.05, 4.69) is 13.5 Å². The summed E-state index contributed by atoms with van der Waals surface area (Å²) < 4.78 is 4.82. The Kier molecular flexibility index (Phi) is 12.3. The van der Waals surface area contributed by atoms with Crippen molar-refractivity contribution in [3.8, 4) is 0 Å². The van der Waals surface area contributed by atoms with Gasteiger partial charge < -0.3 is 14.9 Å². The third-order valence-corrected chi connectivity index (χ3v) is 5.93. The number of carbonyl (C=O) groups excluding carboxylic acids is 2. The van der Waals surface area contributed by atoms with Crippen molar-refractivity contribution in [2.45, 2.75) is 89.3 Å².